The third-order valence-corrected chi connectivity index (χ3v) is 4.79. The Labute approximate surface area is 135 Å². The molecule has 1 rings (SSSR count). The molecular weight excluding hydrogens is 424 g/mol. The van der Waals surface area contributed by atoms with Gasteiger partial charge in [-0.25, -0.2) is 18.3 Å². The highest BCUT2D eigenvalue weighted by molar-refractivity contribution is 7.60. The van der Waals surface area contributed by atoms with E-state index in [2.05, 4.69) is 19.3 Å². The van der Waals surface area contributed by atoms with Crippen molar-refractivity contribution in [2.45, 2.75) is 0 Å². The van der Waals surface area contributed by atoms with Gasteiger partial charge in [-0.1, -0.05) is 0 Å². The molecule has 1 saturated heterocycles. The first kappa shape index (κ1) is 26.7. The monoisotopic (exact) mass is 442 g/mol. The predicted octanol–water partition coefficient (Wildman–Crippen LogP) is -2.44. The fraction of sp³-hybridized carbons (Fsp3) is 1.00. The van der Waals surface area contributed by atoms with Crippen LogP contribution in [0, 0.1) is 0 Å². The Bertz CT molecular complexity index is 429. The van der Waals surface area contributed by atoms with E-state index in [1.807, 2.05) is 0 Å². The Balaban J connectivity index is 0. The van der Waals surface area contributed by atoms with Crippen molar-refractivity contribution in [2.75, 3.05) is 26.2 Å². The molecule has 1 aliphatic heterocycles. The number of nitrogens with one attached hydrogen (secondary N) is 2. The number of piperazine rings is 1. The summed E-state index contributed by atoms with van der Waals surface area (Å²) >= 11 is 0. The quantitative estimate of drug-likeness (QED) is 0.202. The van der Waals surface area contributed by atoms with Crippen molar-refractivity contribution in [3.05, 3.63) is 0 Å². The average Bonchev–Trinajstić information content (AvgIpc) is 2.22. The van der Waals surface area contributed by atoms with Gasteiger partial charge in [0.25, 0.3) is 0 Å². The van der Waals surface area contributed by atoms with Crippen molar-refractivity contribution in [2.24, 2.45) is 0 Å². The molecule has 20 heteroatoms. The predicted molar refractivity (Wildman–Crippen MR) is 76.1 cm³/mol. The molecule has 0 atom stereocenters. The molecule has 0 unspecified atom stereocenters. The van der Waals surface area contributed by atoms with Gasteiger partial charge < -0.3 is 49.8 Å². The summed E-state index contributed by atoms with van der Waals surface area (Å²) in [7, 11) is -20.2. The minimum absolute atomic E-state index is 1.14. The second kappa shape index (κ2) is 11.2. The Morgan fingerprint density at radius 1 is 0.500 bits per heavy atom. The van der Waals surface area contributed by atoms with E-state index in [-0.39, 0.29) is 0 Å². The molecule has 148 valence electrons. The van der Waals surface area contributed by atoms with E-state index < -0.39 is 31.3 Å². The van der Waals surface area contributed by atoms with Crippen LogP contribution in [0.4, 0.5) is 0 Å². The van der Waals surface area contributed by atoms with Gasteiger partial charge in [0.05, 0.1) is 0 Å². The molecule has 24 heavy (non-hydrogen) atoms. The van der Waals surface area contributed by atoms with E-state index >= 15 is 0 Å². The summed E-state index contributed by atoms with van der Waals surface area (Å²) in [6, 6.07) is 0. The van der Waals surface area contributed by atoms with Crippen LogP contribution < -0.4 is 10.6 Å². The van der Waals surface area contributed by atoms with Crippen LogP contribution in [0.25, 0.3) is 0 Å². The smallest absolute Gasteiger partial charge is 0.314 e. The summed E-state index contributed by atoms with van der Waals surface area (Å²) < 4.78 is 44.4. The lowest BCUT2D eigenvalue weighted by Gasteiger charge is -2.11. The first-order valence-corrected chi connectivity index (χ1v) is 11.6. The van der Waals surface area contributed by atoms with Gasteiger partial charge in [0.15, 0.2) is 0 Å². The molecule has 0 radical (unpaired) electrons. The van der Waals surface area contributed by atoms with E-state index in [4.69, 9.17) is 39.1 Å². The second-order valence-electron chi connectivity index (χ2n) is 3.63. The Morgan fingerprint density at radius 2 is 0.667 bits per heavy atom. The molecular formula is C4H18N2O14P4. The lowest BCUT2D eigenvalue weighted by Crippen LogP contribution is -2.39. The summed E-state index contributed by atoms with van der Waals surface area (Å²) in [6.45, 7) is 4.56. The third kappa shape index (κ3) is 30.3. The van der Waals surface area contributed by atoms with Crippen molar-refractivity contribution < 1.29 is 66.0 Å². The molecule has 1 heterocycles. The van der Waals surface area contributed by atoms with Crippen molar-refractivity contribution in [3.8, 4) is 0 Å². The van der Waals surface area contributed by atoms with E-state index in [1.165, 1.54) is 0 Å². The van der Waals surface area contributed by atoms with Gasteiger partial charge in [0.2, 0.25) is 0 Å². The van der Waals surface area contributed by atoms with E-state index in [0.29, 0.717) is 0 Å². The maximum Gasteiger partial charge on any atom is 0.478 e. The van der Waals surface area contributed by atoms with E-state index in [1.54, 1.807) is 0 Å². The zero-order valence-electron chi connectivity index (χ0n) is 11.6. The van der Waals surface area contributed by atoms with Gasteiger partial charge in [-0.3, -0.25) is 0 Å². The first-order valence-electron chi connectivity index (χ1n) is 5.47. The molecule has 0 saturated carbocycles. The van der Waals surface area contributed by atoms with Crippen LogP contribution in [0.3, 0.4) is 0 Å². The van der Waals surface area contributed by atoms with Crippen LogP contribution in [-0.2, 0) is 26.9 Å². The summed E-state index contributed by atoms with van der Waals surface area (Å²) in [5.41, 5.74) is 0. The lowest BCUT2D eigenvalue weighted by atomic mass is 10.4. The van der Waals surface area contributed by atoms with Crippen molar-refractivity contribution in [1.29, 1.82) is 0 Å². The van der Waals surface area contributed by atoms with Crippen LogP contribution in [-0.4, -0.2) is 65.3 Å². The molecule has 0 amide bonds. The minimum atomic E-state index is -5.05. The maximum absolute atomic E-state index is 9.63. The molecule has 0 aromatic carbocycles. The zero-order valence-corrected chi connectivity index (χ0v) is 15.2. The molecule has 1 aliphatic rings. The Morgan fingerprint density at radius 3 is 0.708 bits per heavy atom. The molecule has 0 aromatic heterocycles. The fourth-order valence-electron chi connectivity index (χ4n) is 0.881. The Kier molecular flexibility index (Phi) is 12.5. The summed E-state index contributed by atoms with van der Waals surface area (Å²) in [5.74, 6) is 0. The summed E-state index contributed by atoms with van der Waals surface area (Å²) in [6.07, 6.45) is 0. The molecule has 10 N–H and O–H groups in total. The molecule has 1 fully saturated rings. The highest BCUT2D eigenvalue weighted by Crippen LogP contribution is 2.54. The maximum atomic E-state index is 9.63. The number of hydrogen-bond acceptors (Lipinski definition) is 8. The number of rotatable bonds is 4. The highest BCUT2D eigenvalue weighted by atomic mass is 31.3. The topological polar surface area (TPSA) is 273 Å². The average molecular weight is 442 g/mol. The number of hydrogen-bond donors (Lipinski definition) is 10. The minimum Gasteiger partial charge on any atom is -0.314 e. The van der Waals surface area contributed by atoms with Gasteiger partial charge in [-0.2, -0.15) is 8.62 Å². The Hall–Kier alpha value is 0.440. The first-order chi connectivity index (χ1) is 10.4. The van der Waals surface area contributed by atoms with E-state index in [9.17, 15) is 18.3 Å². The van der Waals surface area contributed by atoms with Gasteiger partial charge in [-0.15, -0.1) is 0 Å². The van der Waals surface area contributed by atoms with Gasteiger partial charge in [0.1, 0.15) is 0 Å². The number of phosphoric acid groups is 4. The molecule has 16 nitrogen and oxygen atoms in total. The fourth-order valence-corrected chi connectivity index (χ4v) is 3.10. The van der Waals surface area contributed by atoms with Crippen molar-refractivity contribution >= 4 is 31.3 Å². The molecule has 0 aliphatic carbocycles. The van der Waals surface area contributed by atoms with Crippen LogP contribution in [0.2, 0.25) is 0 Å². The lowest BCUT2D eigenvalue weighted by molar-refractivity contribution is 0.221. The third-order valence-electron chi connectivity index (χ3n) is 1.38. The van der Waals surface area contributed by atoms with Crippen LogP contribution in [0.15, 0.2) is 0 Å². The van der Waals surface area contributed by atoms with Crippen LogP contribution in [0.5, 0.6) is 0 Å². The van der Waals surface area contributed by atoms with Crippen LogP contribution >= 0.6 is 31.3 Å². The van der Waals surface area contributed by atoms with Gasteiger partial charge in [-0.05, 0) is 0 Å². The SMILES string of the molecule is C1CNCCN1.O=P(O)(O)OP(=O)(O)O.O=P(O)(O)OP(=O)(O)O. The molecule has 0 bridgehead atoms. The van der Waals surface area contributed by atoms with E-state index in [0.717, 1.165) is 26.2 Å². The highest BCUT2D eigenvalue weighted by Gasteiger charge is 2.28. The van der Waals surface area contributed by atoms with Crippen molar-refractivity contribution in [3.63, 3.8) is 0 Å². The molecule has 0 spiro atoms. The van der Waals surface area contributed by atoms with Crippen LogP contribution in [0.1, 0.15) is 0 Å². The molecule has 0 aromatic rings. The van der Waals surface area contributed by atoms with Crippen molar-refractivity contribution in [1.82, 2.24) is 10.6 Å². The second-order valence-corrected chi connectivity index (χ2v) is 8.86. The normalized spacial score (nSPS) is 16.3. The zero-order chi connectivity index (χ0) is 19.7. The largest absolute Gasteiger partial charge is 0.478 e. The standard InChI is InChI=1S/C4H10N2.2H4O7P2/c1-2-6-4-3-5-1;2*1-8(2,3)7-9(4,5)6/h5-6H,1-4H2;2*(H2,1,2,3)(H2,4,5,6). The summed E-state index contributed by atoms with van der Waals surface area (Å²) in [4.78, 5) is 62.0. The summed E-state index contributed by atoms with van der Waals surface area (Å²) in [5, 5.41) is 6.44. The van der Waals surface area contributed by atoms with Gasteiger partial charge in [0, 0.05) is 26.2 Å². The van der Waals surface area contributed by atoms with Gasteiger partial charge >= 0.3 is 31.3 Å².